The molecule has 9 heteroatoms. The Morgan fingerprint density at radius 2 is 2.32 bits per heavy atom. The Kier molecular flexibility index (Phi) is 5.33. The van der Waals surface area contributed by atoms with Crippen molar-refractivity contribution in [2.45, 2.75) is 37.6 Å². The smallest absolute Gasteiger partial charge is 0.226 e. The third-order valence-corrected chi connectivity index (χ3v) is 4.87. The Balaban J connectivity index is 1.55. The van der Waals surface area contributed by atoms with Gasteiger partial charge in [-0.3, -0.25) is 4.79 Å². The van der Waals surface area contributed by atoms with Gasteiger partial charge in [-0.15, -0.1) is 0 Å². The Labute approximate surface area is 152 Å². The first-order chi connectivity index (χ1) is 12.0. The molecule has 2 heterocycles. The maximum Gasteiger partial charge on any atom is 0.226 e. The van der Waals surface area contributed by atoms with Crippen LogP contribution in [0, 0.1) is 5.82 Å². The quantitative estimate of drug-likeness (QED) is 0.800. The van der Waals surface area contributed by atoms with Gasteiger partial charge in [-0.25, -0.2) is 4.39 Å². The van der Waals surface area contributed by atoms with Crippen LogP contribution in [0.2, 0.25) is 0 Å². The van der Waals surface area contributed by atoms with E-state index in [0.29, 0.717) is 28.6 Å². The molecule has 3 atom stereocenters. The summed E-state index contributed by atoms with van der Waals surface area (Å²) in [6.45, 7) is 0. The maximum absolute atomic E-state index is 13.7. The lowest BCUT2D eigenvalue weighted by atomic mass is 9.99. The first kappa shape index (κ1) is 17.8. The fraction of sp³-hybridized carbons (Fsp3) is 0.438. The zero-order valence-electron chi connectivity index (χ0n) is 13.6. The highest BCUT2D eigenvalue weighted by Gasteiger charge is 2.32. The van der Waals surface area contributed by atoms with E-state index in [1.54, 1.807) is 25.4 Å². The van der Waals surface area contributed by atoms with Gasteiger partial charge >= 0.3 is 0 Å². The normalized spacial score (nSPS) is 23.0. The summed E-state index contributed by atoms with van der Waals surface area (Å²) in [4.78, 5) is 24.2. The van der Waals surface area contributed by atoms with Crippen molar-refractivity contribution in [2.75, 3.05) is 7.05 Å². The van der Waals surface area contributed by atoms with E-state index in [1.165, 1.54) is 11.0 Å². The summed E-state index contributed by atoms with van der Waals surface area (Å²) in [5.41, 5.74) is 7.36. The summed E-state index contributed by atoms with van der Waals surface area (Å²) in [6, 6.07) is 4.22. The second-order valence-electron chi connectivity index (χ2n) is 5.97. The summed E-state index contributed by atoms with van der Waals surface area (Å²) >= 11 is 3.11. The van der Waals surface area contributed by atoms with Crippen LogP contribution in [-0.4, -0.2) is 48.2 Å². The molecule has 3 rings (SSSR count). The van der Waals surface area contributed by atoms with Gasteiger partial charge in [0.15, 0.2) is 0 Å². The highest BCUT2D eigenvalue weighted by Crippen LogP contribution is 2.23. The van der Waals surface area contributed by atoms with Gasteiger partial charge in [0.2, 0.25) is 12.1 Å². The van der Waals surface area contributed by atoms with Crippen molar-refractivity contribution < 1.29 is 18.9 Å². The van der Waals surface area contributed by atoms with E-state index in [9.17, 15) is 9.18 Å². The minimum Gasteiger partial charge on any atom is -0.390 e. The molecule has 2 N–H and O–H groups in total. The molecule has 0 bridgehead atoms. The minimum absolute atomic E-state index is 0.0958. The third kappa shape index (κ3) is 3.98. The van der Waals surface area contributed by atoms with Crippen LogP contribution in [0.15, 0.2) is 33.0 Å². The van der Waals surface area contributed by atoms with E-state index >= 15 is 0 Å². The number of carbonyl (C=O) groups is 1. The molecule has 0 saturated carbocycles. The van der Waals surface area contributed by atoms with Crippen LogP contribution in [0.3, 0.4) is 0 Å². The third-order valence-electron chi connectivity index (χ3n) is 4.22. The number of benzene rings is 1. The van der Waals surface area contributed by atoms with Gasteiger partial charge in [-0.05, 0) is 28.1 Å². The predicted octanol–water partition coefficient (Wildman–Crippen LogP) is 1.99. The fourth-order valence-electron chi connectivity index (χ4n) is 2.63. The van der Waals surface area contributed by atoms with Crippen LogP contribution >= 0.6 is 15.9 Å². The van der Waals surface area contributed by atoms with E-state index in [1.807, 2.05) is 0 Å². The Morgan fingerprint density at radius 3 is 3.00 bits per heavy atom. The number of carbonyl (C=O) groups excluding carboxylic acids is 1. The number of nitrogens with zero attached hydrogens (tertiary/aromatic N) is 3. The largest absolute Gasteiger partial charge is 0.390 e. The van der Waals surface area contributed by atoms with Gasteiger partial charge in [0.05, 0.1) is 16.2 Å². The van der Waals surface area contributed by atoms with Gasteiger partial charge in [0, 0.05) is 38.1 Å². The topological polar surface area (TPSA) is 89.5 Å². The molecule has 0 aliphatic carbocycles. The van der Waals surface area contributed by atoms with Crippen LogP contribution in [0.5, 0.6) is 0 Å². The standard InChI is InChI=1S/C16H18BrFN4O3/c1-22(16-4-5-20-25-16)15(23)7-12(19)14-8-13(21-24-14)9-2-3-10(17)11(18)6-9/h2-3,5-6,12,14,16H,4,7-8,19H2,1H3. The number of rotatable bonds is 5. The lowest BCUT2D eigenvalue weighted by Crippen LogP contribution is -2.43. The average Bonchev–Trinajstić information content (AvgIpc) is 3.28. The number of nitrogens with two attached hydrogens (primary N) is 1. The Bertz CT molecular complexity index is 719. The van der Waals surface area contributed by atoms with Gasteiger partial charge < -0.3 is 20.3 Å². The molecule has 1 amide bonds. The van der Waals surface area contributed by atoms with Crippen molar-refractivity contribution in [3.63, 3.8) is 0 Å². The van der Waals surface area contributed by atoms with E-state index < -0.39 is 12.1 Å². The van der Waals surface area contributed by atoms with Gasteiger partial charge in [-0.1, -0.05) is 16.4 Å². The van der Waals surface area contributed by atoms with Crippen LogP contribution in [0.4, 0.5) is 4.39 Å². The Hall–Kier alpha value is -2.00. The highest BCUT2D eigenvalue weighted by atomic mass is 79.9. The summed E-state index contributed by atoms with van der Waals surface area (Å²) in [6.07, 6.45) is 1.87. The highest BCUT2D eigenvalue weighted by molar-refractivity contribution is 9.10. The predicted molar refractivity (Wildman–Crippen MR) is 93.5 cm³/mol. The van der Waals surface area contributed by atoms with Gasteiger partial charge in [0.1, 0.15) is 11.9 Å². The molecule has 0 radical (unpaired) electrons. The molecule has 3 unspecified atom stereocenters. The van der Waals surface area contributed by atoms with Crippen molar-refractivity contribution >= 4 is 33.8 Å². The van der Waals surface area contributed by atoms with Crippen LogP contribution in [-0.2, 0) is 14.5 Å². The second kappa shape index (κ2) is 7.49. The lowest BCUT2D eigenvalue weighted by molar-refractivity contribution is -0.142. The van der Waals surface area contributed by atoms with Gasteiger partial charge in [-0.2, -0.15) is 0 Å². The molecule has 25 heavy (non-hydrogen) atoms. The molecular weight excluding hydrogens is 395 g/mol. The number of hydrogen-bond acceptors (Lipinski definition) is 6. The van der Waals surface area contributed by atoms with Crippen LogP contribution in [0.1, 0.15) is 24.8 Å². The lowest BCUT2D eigenvalue weighted by Gasteiger charge is -2.24. The van der Waals surface area contributed by atoms with Crippen LogP contribution in [0.25, 0.3) is 0 Å². The second-order valence-corrected chi connectivity index (χ2v) is 6.83. The minimum atomic E-state index is -0.529. The average molecular weight is 413 g/mol. The summed E-state index contributed by atoms with van der Waals surface area (Å²) < 4.78 is 14.0. The monoisotopic (exact) mass is 412 g/mol. The summed E-state index contributed by atoms with van der Waals surface area (Å²) in [7, 11) is 1.65. The molecule has 7 nitrogen and oxygen atoms in total. The zero-order valence-corrected chi connectivity index (χ0v) is 15.1. The van der Waals surface area contributed by atoms with Crippen molar-refractivity contribution in [3.8, 4) is 0 Å². The maximum atomic E-state index is 13.7. The molecule has 2 aliphatic rings. The van der Waals surface area contributed by atoms with Gasteiger partial charge in [0.25, 0.3) is 0 Å². The Morgan fingerprint density at radius 1 is 1.52 bits per heavy atom. The first-order valence-corrected chi connectivity index (χ1v) is 8.62. The van der Waals surface area contributed by atoms with E-state index in [-0.39, 0.29) is 24.4 Å². The number of amides is 1. The number of oxime groups is 2. The molecule has 0 spiro atoms. The number of halogens is 2. The molecule has 0 saturated heterocycles. The molecule has 2 aliphatic heterocycles. The van der Waals surface area contributed by atoms with E-state index in [0.717, 1.165) is 0 Å². The number of hydrogen-bond donors (Lipinski definition) is 1. The fourth-order valence-corrected chi connectivity index (χ4v) is 2.87. The molecule has 1 aromatic carbocycles. The van der Waals surface area contributed by atoms with Crippen molar-refractivity contribution in [2.24, 2.45) is 16.0 Å². The summed E-state index contributed by atoms with van der Waals surface area (Å²) in [5.74, 6) is -0.529. The van der Waals surface area contributed by atoms with Crippen molar-refractivity contribution in [1.82, 2.24) is 4.90 Å². The summed E-state index contributed by atoms with van der Waals surface area (Å²) in [5, 5.41) is 7.65. The molecule has 134 valence electrons. The molecule has 0 fully saturated rings. The molecular formula is C16H18BrFN4O3. The SMILES string of the molecule is CN(C(=O)CC(N)C1CC(c2ccc(Br)c(F)c2)=NO1)C1CC=NO1. The molecule has 1 aromatic rings. The van der Waals surface area contributed by atoms with Crippen molar-refractivity contribution in [1.29, 1.82) is 0 Å². The van der Waals surface area contributed by atoms with Crippen LogP contribution < -0.4 is 5.73 Å². The zero-order chi connectivity index (χ0) is 18.0. The van der Waals surface area contributed by atoms with Crippen molar-refractivity contribution in [3.05, 3.63) is 34.1 Å². The van der Waals surface area contributed by atoms with E-state index in [4.69, 9.17) is 15.4 Å². The first-order valence-electron chi connectivity index (χ1n) is 7.82. The van der Waals surface area contributed by atoms with E-state index in [2.05, 4.69) is 26.2 Å². The molecule has 0 aromatic heterocycles.